The largest absolute Gasteiger partial charge is 0.490 e. The maximum absolute atomic E-state index is 13.1. The Hall–Kier alpha value is -4.02. The van der Waals surface area contributed by atoms with Crippen molar-refractivity contribution in [3.05, 3.63) is 54.2 Å². The number of ether oxygens (including phenoxy) is 3. The van der Waals surface area contributed by atoms with E-state index in [0.717, 1.165) is 25.7 Å². The summed E-state index contributed by atoms with van der Waals surface area (Å²) in [7, 11) is 1.55. The maximum atomic E-state index is 13.1. The van der Waals surface area contributed by atoms with E-state index in [1.54, 1.807) is 32.4 Å². The molecule has 1 fully saturated rings. The summed E-state index contributed by atoms with van der Waals surface area (Å²) in [6.07, 6.45) is 8.55. The fraction of sp³-hybridized carbons (Fsp3) is 0.400. The molecule has 5 rings (SSSR count). The zero-order chi connectivity index (χ0) is 25.1. The van der Waals surface area contributed by atoms with Gasteiger partial charge < -0.3 is 14.2 Å². The molecule has 0 aliphatic heterocycles. The molecule has 3 heterocycles. The van der Waals surface area contributed by atoms with Crippen molar-refractivity contribution in [1.82, 2.24) is 29.5 Å². The summed E-state index contributed by atoms with van der Waals surface area (Å²) in [6, 6.07) is 6.16. The summed E-state index contributed by atoms with van der Waals surface area (Å²) in [6.45, 7) is 2.73. The van der Waals surface area contributed by atoms with E-state index in [4.69, 9.17) is 14.2 Å². The van der Waals surface area contributed by atoms with E-state index in [0.29, 0.717) is 40.7 Å². The molecule has 36 heavy (non-hydrogen) atoms. The summed E-state index contributed by atoms with van der Waals surface area (Å²) >= 11 is 0. The van der Waals surface area contributed by atoms with Crippen LogP contribution in [0.3, 0.4) is 0 Å². The van der Waals surface area contributed by atoms with Gasteiger partial charge in [0.15, 0.2) is 0 Å². The predicted molar refractivity (Wildman–Crippen MR) is 128 cm³/mol. The highest BCUT2D eigenvalue weighted by Crippen LogP contribution is 2.31. The second-order valence-electron chi connectivity index (χ2n) is 8.70. The molecule has 3 aromatic heterocycles. The molecular weight excluding hydrogens is 467 g/mol. The molecule has 0 radical (unpaired) electrons. The van der Waals surface area contributed by atoms with Gasteiger partial charge in [0.2, 0.25) is 5.88 Å². The molecule has 11 heteroatoms. The van der Waals surface area contributed by atoms with Crippen LogP contribution in [0.2, 0.25) is 0 Å². The summed E-state index contributed by atoms with van der Waals surface area (Å²) in [5, 5.41) is 8.74. The summed E-state index contributed by atoms with van der Waals surface area (Å²) in [4.78, 5) is 21.1. The Morgan fingerprint density at radius 1 is 1.08 bits per heavy atom. The number of carbonyl (C=O) groups is 1. The second-order valence-corrected chi connectivity index (χ2v) is 8.70. The lowest BCUT2D eigenvalue weighted by Crippen LogP contribution is -2.26. The average Bonchev–Trinajstić information content (AvgIpc) is 3.54. The molecule has 0 bridgehead atoms. The smallest absolute Gasteiger partial charge is 0.341 e. The highest BCUT2D eigenvalue weighted by Gasteiger charge is 2.25. The number of fused-ring (bicyclic) bond motifs is 1. The van der Waals surface area contributed by atoms with Crippen molar-refractivity contribution < 1.29 is 23.4 Å². The molecule has 1 aliphatic rings. The number of nitrogens with zero attached hydrogens (tertiary/aromatic N) is 6. The number of halogens is 1. The van der Waals surface area contributed by atoms with Gasteiger partial charge in [0, 0.05) is 12.7 Å². The number of hydrogen-bond donors (Lipinski definition) is 0. The Labute approximate surface area is 207 Å². The van der Waals surface area contributed by atoms with Crippen molar-refractivity contribution in [3.63, 3.8) is 0 Å². The van der Waals surface area contributed by atoms with E-state index in [1.807, 2.05) is 4.68 Å². The SMILES string of the molecule is CCOC(=O)c1cnn(-c2nc(OC)c3c(cnn3CC3CCC(Oc4ccc(F)cc4)CC3)n2)c1. The summed E-state index contributed by atoms with van der Waals surface area (Å²) < 4.78 is 33.0. The summed E-state index contributed by atoms with van der Waals surface area (Å²) in [5.74, 6) is 1.05. The molecule has 1 saturated carbocycles. The monoisotopic (exact) mass is 494 g/mol. The van der Waals surface area contributed by atoms with E-state index < -0.39 is 5.97 Å². The van der Waals surface area contributed by atoms with Crippen molar-refractivity contribution in [2.75, 3.05) is 13.7 Å². The van der Waals surface area contributed by atoms with Crippen LogP contribution in [0.15, 0.2) is 42.9 Å². The fourth-order valence-corrected chi connectivity index (χ4v) is 4.47. The van der Waals surface area contributed by atoms with Crippen molar-refractivity contribution in [1.29, 1.82) is 0 Å². The number of benzene rings is 1. The zero-order valence-corrected chi connectivity index (χ0v) is 20.1. The van der Waals surface area contributed by atoms with Gasteiger partial charge >= 0.3 is 5.97 Å². The van der Waals surface area contributed by atoms with Crippen molar-refractivity contribution in [3.8, 4) is 17.6 Å². The van der Waals surface area contributed by atoms with E-state index >= 15 is 0 Å². The summed E-state index contributed by atoms with van der Waals surface area (Å²) in [5.41, 5.74) is 1.65. The normalized spacial score (nSPS) is 17.8. The average molecular weight is 495 g/mol. The van der Waals surface area contributed by atoms with Crippen LogP contribution in [0.1, 0.15) is 43.0 Å². The van der Waals surface area contributed by atoms with Crippen molar-refractivity contribution >= 4 is 17.0 Å². The van der Waals surface area contributed by atoms with Gasteiger partial charge in [0.25, 0.3) is 5.95 Å². The fourth-order valence-electron chi connectivity index (χ4n) is 4.47. The molecule has 0 saturated heterocycles. The highest BCUT2D eigenvalue weighted by molar-refractivity contribution is 5.88. The molecule has 0 unspecified atom stereocenters. The Morgan fingerprint density at radius 2 is 1.86 bits per heavy atom. The van der Waals surface area contributed by atoms with Crippen LogP contribution in [-0.2, 0) is 11.3 Å². The Balaban J connectivity index is 1.28. The van der Waals surface area contributed by atoms with Gasteiger partial charge in [-0.15, -0.1) is 0 Å². The first-order chi connectivity index (χ1) is 17.5. The molecule has 10 nitrogen and oxygen atoms in total. The zero-order valence-electron chi connectivity index (χ0n) is 20.1. The lowest BCUT2D eigenvalue weighted by atomic mass is 9.87. The Morgan fingerprint density at radius 3 is 2.58 bits per heavy atom. The van der Waals surface area contributed by atoms with Crippen molar-refractivity contribution in [2.45, 2.75) is 45.3 Å². The van der Waals surface area contributed by atoms with Gasteiger partial charge in [-0.05, 0) is 62.8 Å². The third-order valence-corrected chi connectivity index (χ3v) is 6.28. The van der Waals surface area contributed by atoms with Crippen LogP contribution in [0, 0.1) is 11.7 Å². The van der Waals surface area contributed by atoms with Gasteiger partial charge in [-0.2, -0.15) is 15.2 Å². The standard InChI is InChI=1S/C25H27FN6O4/c1-3-35-24(33)17-12-27-32(15-17)25-29-21-13-28-31(22(21)23(30-25)34-2)14-16-4-8-19(9-5-16)36-20-10-6-18(26)7-11-20/h6-7,10-13,15-16,19H,3-5,8-9,14H2,1-2H3. The molecule has 1 aliphatic carbocycles. The molecule has 0 spiro atoms. The van der Waals surface area contributed by atoms with Gasteiger partial charge in [-0.3, -0.25) is 4.68 Å². The van der Waals surface area contributed by atoms with Gasteiger partial charge in [-0.25, -0.2) is 18.9 Å². The Kier molecular flexibility index (Phi) is 6.79. The highest BCUT2D eigenvalue weighted by atomic mass is 19.1. The molecule has 188 valence electrons. The van der Waals surface area contributed by atoms with Gasteiger partial charge in [-0.1, -0.05) is 0 Å². The molecule has 4 aromatic rings. The van der Waals surface area contributed by atoms with E-state index in [-0.39, 0.29) is 24.5 Å². The lowest BCUT2D eigenvalue weighted by Gasteiger charge is -2.29. The minimum absolute atomic E-state index is 0.120. The number of methoxy groups -OCH3 is 1. The van der Waals surface area contributed by atoms with Gasteiger partial charge in [0.1, 0.15) is 22.6 Å². The molecule has 1 aromatic carbocycles. The maximum Gasteiger partial charge on any atom is 0.341 e. The van der Waals surface area contributed by atoms with E-state index in [2.05, 4.69) is 20.2 Å². The quantitative estimate of drug-likeness (QED) is 0.339. The van der Waals surface area contributed by atoms with Gasteiger partial charge in [0.05, 0.1) is 37.8 Å². The van der Waals surface area contributed by atoms with Crippen molar-refractivity contribution in [2.24, 2.45) is 5.92 Å². The van der Waals surface area contributed by atoms with Crippen LogP contribution in [0.4, 0.5) is 4.39 Å². The number of carbonyl (C=O) groups excluding carboxylic acids is 1. The first-order valence-electron chi connectivity index (χ1n) is 12.0. The van der Waals surface area contributed by atoms with Crippen LogP contribution in [-0.4, -0.2) is 55.3 Å². The molecule has 0 amide bonds. The Bertz CT molecular complexity index is 1340. The number of hydrogen-bond acceptors (Lipinski definition) is 8. The molecular formula is C25H27FN6O4. The lowest BCUT2D eigenvalue weighted by molar-refractivity contribution is 0.0526. The van der Waals surface area contributed by atoms with E-state index in [9.17, 15) is 9.18 Å². The van der Waals surface area contributed by atoms with Crippen LogP contribution < -0.4 is 9.47 Å². The van der Waals surface area contributed by atoms with E-state index in [1.165, 1.54) is 29.2 Å². The molecule has 0 atom stereocenters. The number of aromatic nitrogens is 6. The second kappa shape index (κ2) is 10.3. The third kappa shape index (κ3) is 5.00. The molecule has 0 N–H and O–H groups in total. The minimum atomic E-state index is -0.456. The predicted octanol–water partition coefficient (Wildman–Crippen LogP) is 3.97. The topological polar surface area (TPSA) is 106 Å². The van der Waals surface area contributed by atoms with Crippen LogP contribution in [0.5, 0.6) is 11.6 Å². The first kappa shape index (κ1) is 23.7. The van der Waals surface area contributed by atoms with Crippen LogP contribution >= 0.6 is 0 Å². The van der Waals surface area contributed by atoms with Crippen LogP contribution in [0.25, 0.3) is 17.0 Å². The number of rotatable bonds is 8. The third-order valence-electron chi connectivity index (χ3n) is 6.28. The first-order valence-corrected chi connectivity index (χ1v) is 12.0. The number of esters is 1. The minimum Gasteiger partial charge on any atom is -0.490 e.